The summed E-state index contributed by atoms with van der Waals surface area (Å²) < 4.78 is 0.998. The molecular weight excluding hydrogens is 266 g/mol. The van der Waals surface area contributed by atoms with Crippen LogP contribution in [0.2, 0.25) is 0 Å². The summed E-state index contributed by atoms with van der Waals surface area (Å²) in [6.45, 7) is 3.89. The van der Waals surface area contributed by atoms with Crippen LogP contribution in [0.15, 0.2) is 22.7 Å². The quantitative estimate of drug-likeness (QED) is 0.785. The molecule has 1 unspecified atom stereocenters. The molecule has 1 aromatic carbocycles. The highest BCUT2D eigenvalue weighted by atomic mass is 79.9. The van der Waals surface area contributed by atoms with Gasteiger partial charge in [0, 0.05) is 22.4 Å². The van der Waals surface area contributed by atoms with Crippen LogP contribution in [0.5, 0.6) is 0 Å². The molecule has 0 saturated heterocycles. The van der Waals surface area contributed by atoms with Crippen LogP contribution >= 0.6 is 15.9 Å². The molecule has 1 atom stereocenters. The number of carbonyl (C=O) groups excluding carboxylic acids is 1. The fourth-order valence-electron chi connectivity index (χ4n) is 1.57. The highest BCUT2D eigenvalue weighted by Gasteiger charge is 2.18. The van der Waals surface area contributed by atoms with E-state index in [0.29, 0.717) is 18.4 Å². The molecule has 2 nitrogen and oxygen atoms in total. The Bertz CT molecular complexity index is 434. The van der Waals surface area contributed by atoms with Crippen molar-refractivity contribution in [1.82, 2.24) is 0 Å². The predicted molar refractivity (Wildman–Crippen MR) is 67.2 cm³/mol. The number of hydrogen-bond acceptors (Lipinski definition) is 2. The van der Waals surface area contributed by atoms with E-state index in [1.807, 2.05) is 26.0 Å². The lowest BCUT2D eigenvalue weighted by Gasteiger charge is -2.10. The van der Waals surface area contributed by atoms with Gasteiger partial charge < -0.3 is 0 Å². The predicted octanol–water partition coefficient (Wildman–Crippen LogP) is 3.88. The molecule has 3 heteroatoms. The number of hydrogen-bond donors (Lipinski definition) is 0. The number of Topliss-reactive ketones (excluding diaryl/α,β-unsaturated/α-hetero) is 1. The van der Waals surface area contributed by atoms with Crippen LogP contribution in [0.25, 0.3) is 0 Å². The smallest absolute Gasteiger partial charge is 0.166 e. The summed E-state index contributed by atoms with van der Waals surface area (Å²) in [6.07, 6.45) is 1.01. The van der Waals surface area contributed by atoms with Gasteiger partial charge in [0.2, 0.25) is 0 Å². The Hall–Kier alpha value is -1.14. The minimum atomic E-state index is -0.175. The zero-order chi connectivity index (χ0) is 12.1. The van der Waals surface area contributed by atoms with Gasteiger partial charge in [-0.25, -0.2) is 0 Å². The van der Waals surface area contributed by atoms with Crippen LogP contribution in [-0.4, -0.2) is 5.78 Å². The Morgan fingerprint density at radius 3 is 2.75 bits per heavy atom. The lowest BCUT2D eigenvalue weighted by molar-refractivity contribution is 0.0918. The van der Waals surface area contributed by atoms with Crippen molar-refractivity contribution in [3.05, 3.63) is 33.8 Å². The van der Waals surface area contributed by atoms with Crippen molar-refractivity contribution in [2.45, 2.75) is 26.7 Å². The van der Waals surface area contributed by atoms with Gasteiger partial charge in [-0.2, -0.15) is 5.26 Å². The average molecular weight is 280 g/mol. The third kappa shape index (κ3) is 2.93. The van der Waals surface area contributed by atoms with Crippen molar-refractivity contribution in [3.63, 3.8) is 0 Å². The molecule has 0 fully saturated rings. The van der Waals surface area contributed by atoms with Gasteiger partial charge in [0.1, 0.15) is 0 Å². The van der Waals surface area contributed by atoms with Gasteiger partial charge in [-0.05, 0) is 31.0 Å². The molecule has 0 aliphatic carbocycles. The number of nitrogens with zero attached hydrogens (tertiary/aromatic N) is 1. The molecule has 0 N–H and O–H groups in total. The summed E-state index contributed by atoms with van der Waals surface area (Å²) in [5, 5.41) is 8.65. The van der Waals surface area contributed by atoms with Gasteiger partial charge in [-0.15, -0.1) is 0 Å². The van der Waals surface area contributed by atoms with Gasteiger partial charge in [0.05, 0.1) is 6.07 Å². The number of carbonyl (C=O) groups is 1. The molecule has 16 heavy (non-hydrogen) atoms. The maximum absolute atomic E-state index is 12.1. The second kappa shape index (κ2) is 5.81. The number of aryl methyl sites for hydroxylation is 1. The van der Waals surface area contributed by atoms with E-state index in [1.165, 1.54) is 0 Å². The van der Waals surface area contributed by atoms with E-state index < -0.39 is 0 Å². The first-order valence-electron chi connectivity index (χ1n) is 5.27. The van der Waals surface area contributed by atoms with Crippen molar-refractivity contribution in [2.75, 3.05) is 0 Å². The molecule has 0 aliphatic rings. The number of halogens is 1. The van der Waals surface area contributed by atoms with Gasteiger partial charge in [0.25, 0.3) is 0 Å². The SMILES string of the molecule is CCC(CC#N)C(=O)c1ccc(Br)c(C)c1. The van der Waals surface area contributed by atoms with Crippen molar-refractivity contribution in [1.29, 1.82) is 5.26 Å². The van der Waals surface area contributed by atoms with Crippen LogP contribution < -0.4 is 0 Å². The van der Waals surface area contributed by atoms with Crippen molar-refractivity contribution in [2.24, 2.45) is 5.92 Å². The molecule has 0 saturated carbocycles. The van der Waals surface area contributed by atoms with Crippen molar-refractivity contribution >= 4 is 21.7 Å². The summed E-state index contributed by atoms with van der Waals surface area (Å²) in [6, 6.07) is 7.61. The Morgan fingerprint density at radius 2 is 2.25 bits per heavy atom. The fraction of sp³-hybridized carbons (Fsp3) is 0.385. The number of rotatable bonds is 4. The standard InChI is InChI=1S/C13H14BrNO/c1-3-10(6-7-15)13(16)11-4-5-12(14)9(2)8-11/h4-5,8,10H,3,6H2,1-2H3. The van der Waals surface area contributed by atoms with Gasteiger partial charge >= 0.3 is 0 Å². The Morgan fingerprint density at radius 1 is 1.56 bits per heavy atom. The fourth-order valence-corrected chi connectivity index (χ4v) is 1.81. The van der Waals surface area contributed by atoms with Crippen LogP contribution in [0.4, 0.5) is 0 Å². The summed E-state index contributed by atoms with van der Waals surface area (Å²) in [7, 11) is 0. The second-order valence-electron chi connectivity index (χ2n) is 3.80. The minimum Gasteiger partial charge on any atom is -0.294 e. The second-order valence-corrected chi connectivity index (χ2v) is 4.65. The zero-order valence-corrected chi connectivity index (χ0v) is 11.0. The zero-order valence-electron chi connectivity index (χ0n) is 9.46. The van der Waals surface area contributed by atoms with Gasteiger partial charge in [0.15, 0.2) is 5.78 Å². The first kappa shape index (κ1) is 12.9. The first-order chi connectivity index (χ1) is 7.60. The molecule has 0 spiro atoms. The maximum atomic E-state index is 12.1. The Balaban J connectivity index is 2.95. The van der Waals surface area contributed by atoms with Crippen molar-refractivity contribution in [3.8, 4) is 6.07 Å². The van der Waals surface area contributed by atoms with Crippen LogP contribution in [0.3, 0.4) is 0 Å². The van der Waals surface area contributed by atoms with E-state index in [9.17, 15) is 4.79 Å². The van der Waals surface area contributed by atoms with E-state index in [-0.39, 0.29) is 11.7 Å². The Labute approximate surface area is 104 Å². The summed E-state index contributed by atoms with van der Waals surface area (Å²) in [5.41, 5.74) is 1.74. The molecule has 0 aliphatic heterocycles. The summed E-state index contributed by atoms with van der Waals surface area (Å²) in [4.78, 5) is 12.1. The van der Waals surface area contributed by atoms with E-state index in [4.69, 9.17) is 5.26 Å². The molecule has 0 bridgehead atoms. The molecule has 1 aromatic rings. The highest BCUT2D eigenvalue weighted by Crippen LogP contribution is 2.21. The topological polar surface area (TPSA) is 40.9 Å². The van der Waals surface area contributed by atoms with E-state index >= 15 is 0 Å². The summed E-state index contributed by atoms with van der Waals surface area (Å²) in [5.74, 6) is -0.106. The third-order valence-corrected chi connectivity index (χ3v) is 3.53. The van der Waals surface area contributed by atoms with E-state index in [1.54, 1.807) is 6.07 Å². The molecule has 84 valence electrons. The molecule has 0 heterocycles. The lowest BCUT2D eigenvalue weighted by atomic mass is 9.92. The van der Waals surface area contributed by atoms with Crippen LogP contribution in [0, 0.1) is 24.2 Å². The molecular formula is C13H14BrNO. The number of benzene rings is 1. The average Bonchev–Trinajstić information content (AvgIpc) is 2.28. The summed E-state index contributed by atoms with van der Waals surface area (Å²) >= 11 is 3.40. The molecule has 0 aromatic heterocycles. The molecule has 1 rings (SSSR count). The van der Waals surface area contributed by atoms with E-state index in [0.717, 1.165) is 10.0 Å². The largest absolute Gasteiger partial charge is 0.294 e. The third-order valence-electron chi connectivity index (χ3n) is 2.64. The maximum Gasteiger partial charge on any atom is 0.166 e. The Kier molecular flexibility index (Phi) is 4.70. The van der Waals surface area contributed by atoms with Crippen LogP contribution in [0.1, 0.15) is 35.7 Å². The number of nitriles is 1. The monoisotopic (exact) mass is 279 g/mol. The van der Waals surface area contributed by atoms with Crippen LogP contribution in [-0.2, 0) is 0 Å². The molecule has 0 amide bonds. The minimum absolute atomic E-state index is 0.0691. The van der Waals surface area contributed by atoms with Gasteiger partial charge in [-0.3, -0.25) is 4.79 Å². The first-order valence-corrected chi connectivity index (χ1v) is 6.06. The highest BCUT2D eigenvalue weighted by molar-refractivity contribution is 9.10. The number of ketones is 1. The normalized spacial score (nSPS) is 11.9. The van der Waals surface area contributed by atoms with Gasteiger partial charge in [-0.1, -0.05) is 28.9 Å². The van der Waals surface area contributed by atoms with E-state index in [2.05, 4.69) is 22.0 Å². The lowest BCUT2D eigenvalue weighted by Crippen LogP contribution is -2.13. The molecule has 0 radical (unpaired) electrons. The van der Waals surface area contributed by atoms with Crippen molar-refractivity contribution < 1.29 is 4.79 Å².